The Bertz CT molecular complexity index is 1790. The lowest BCUT2D eigenvalue weighted by Gasteiger charge is -2.36. The van der Waals surface area contributed by atoms with Gasteiger partial charge in [-0.3, -0.25) is 9.80 Å². The highest BCUT2D eigenvalue weighted by atomic mass is 16.5. The van der Waals surface area contributed by atoms with Gasteiger partial charge in [-0.05, 0) is 99.0 Å². The van der Waals surface area contributed by atoms with Crippen molar-refractivity contribution < 1.29 is 33.2 Å². The summed E-state index contributed by atoms with van der Waals surface area (Å²) in [7, 11) is 0. The number of allylic oxidation sites excluding steroid dienone is 5. The van der Waals surface area contributed by atoms with Crippen LogP contribution in [0.1, 0.15) is 38.8 Å². The normalized spacial score (nSPS) is 14.7. The van der Waals surface area contributed by atoms with Gasteiger partial charge in [0, 0.05) is 29.1 Å². The minimum atomic E-state index is -0.650. The largest absolute Gasteiger partial charge is 0.463 e. The molecule has 1 aliphatic carbocycles. The van der Waals surface area contributed by atoms with Gasteiger partial charge in [-0.15, -0.1) is 0 Å². The first kappa shape index (κ1) is 35.9. The summed E-state index contributed by atoms with van der Waals surface area (Å²) in [4.78, 5) is 40.7. The number of carbonyl (C=O) groups excluding carboxylic acids is 3. The van der Waals surface area contributed by atoms with Crippen molar-refractivity contribution in [1.29, 1.82) is 5.26 Å². The molecule has 10 heteroatoms. The lowest BCUT2D eigenvalue weighted by atomic mass is 10.1. The van der Waals surface area contributed by atoms with E-state index in [2.05, 4.69) is 21.0 Å². The van der Waals surface area contributed by atoms with Gasteiger partial charge in [0.05, 0.1) is 25.4 Å². The van der Waals surface area contributed by atoms with Gasteiger partial charge in [0.2, 0.25) is 19.0 Å². The van der Waals surface area contributed by atoms with Gasteiger partial charge >= 0.3 is 17.9 Å². The molecule has 1 aliphatic heterocycles. The molecule has 252 valence electrons. The third-order valence-electron chi connectivity index (χ3n) is 7.58. The van der Waals surface area contributed by atoms with Gasteiger partial charge < -0.3 is 14.2 Å². The maximum atomic E-state index is 12.1. The van der Waals surface area contributed by atoms with E-state index in [4.69, 9.17) is 14.2 Å². The van der Waals surface area contributed by atoms with E-state index in [9.17, 15) is 19.6 Å². The molecular weight excluding hydrogens is 620 g/mol. The Kier molecular flexibility index (Phi) is 12.7. The van der Waals surface area contributed by atoms with Crippen LogP contribution in [0.3, 0.4) is 0 Å². The summed E-state index contributed by atoms with van der Waals surface area (Å²) in [6.07, 6.45) is 12.9. The van der Waals surface area contributed by atoms with Crippen LogP contribution in [0.15, 0.2) is 108 Å². The molecule has 49 heavy (non-hydrogen) atoms. The maximum absolute atomic E-state index is 12.1. The van der Waals surface area contributed by atoms with Crippen molar-refractivity contribution in [1.82, 2.24) is 0 Å². The molecule has 1 heterocycles. The van der Waals surface area contributed by atoms with Crippen LogP contribution in [0.4, 0.5) is 11.4 Å². The molecule has 2 aromatic rings. The van der Waals surface area contributed by atoms with Crippen molar-refractivity contribution >= 4 is 47.1 Å². The topological polar surface area (TPSA) is 112 Å². The number of hydrogen-bond acceptors (Lipinski definition) is 9. The first-order valence-corrected chi connectivity index (χ1v) is 16.1. The highest BCUT2D eigenvalue weighted by Crippen LogP contribution is 2.25. The fourth-order valence-electron chi connectivity index (χ4n) is 5.14. The Balaban J connectivity index is 1.63. The molecule has 0 radical (unpaired) electrons. The molecular formula is C39H41N4O6+. The number of rotatable bonds is 11. The predicted molar refractivity (Wildman–Crippen MR) is 190 cm³/mol. The fourth-order valence-corrected chi connectivity index (χ4v) is 5.14. The van der Waals surface area contributed by atoms with Crippen LogP contribution >= 0.6 is 0 Å². The summed E-state index contributed by atoms with van der Waals surface area (Å²) in [5, 5.41) is 9.44. The molecule has 0 atom stereocenters. The van der Waals surface area contributed by atoms with Gasteiger partial charge in [-0.1, -0.05) is 30.8 Å². The van der Waals surface area contributed by atoms with E-state index in [1.54, 1.807) is 39.8 Å². The molecule has 0 N–H and O–H groups in total. The Labute approximate surface area is 287 Å². The van der Waals surface area contributed by atoms with E-state index in [0.29, 0.717) is 37.7 Å². The molecule has 0 saturated carbocycles. The molecule has 10 nitrogen and oxygen atoms in total. The van der Waals surface area contributed by atoms with E-state index in [0.717, 1.165) is 28.2 Å². The van der Waals surface area contributed by atoms with E-state index in [1.807, 2.05) is 78.9 Å². The lowest BCUT2D eigenvalue weighted by molar-refractivity contribution is -0.531. The molecule has 1 saturated heterocycles. The Morgan fingerprint density at radius 1 is 0.776 bits per heavy atom. The first-order chi connectivity index (χ1) is 23.6. The van der Waals surface area contributed by atoms with Crippen molar-refractivity contribution in [2.75, 3.05) is 49.6 Å². The Hall–Kier alpha value is -5.95. The zero-order chi connectivity index (χ0) is 35.3. The zero-order valence-electron chi connectivity index (χ0n) is 28.3. The minimum absolute atomic E-state index is 0.0628. The average Bonchev–Trinajstić information content (AvgIpc) is 3.11. The summed E-state index contributed by atoms with van der Waals surface area (Å²) in [6, 6.07) is 17.6. The molecule has 0 bridgehead atoms. The number of nitrogens with zero attached hydrogens (tertiary/aromatic N) is 4. The molecule has 0 amide bonds. The average molecular weight is 662 g/mol. The van der Waals surface area contributed by atoms with Crippen molar-refractivity contribution in [3.63, 3.8) is 0 Å². The second-order valence-electron chi connectivity index (χ2n) is 11.1. The van der Waals surface area contributed by atoms with E-state index < -0.39 is 11.9 Å². The minimum Gasteiger partial charge on any atom is -0.463 e. The third kappa shape index (κ3) is 9.78. The number of hydrogen-bond donors (Lipinski definition) is 0. The van der Waals surface area contributed by atoms with Crippen molar-refractivity contribution in [2.45, 2.75) is 27.7 Å². The summed E-state index contributed by atoms with van der Waals surface area (Å²) in [5.74, 6) is -1.44. The Morgan fingerprint density at radius 2 is 1.27 bits per heavy atom. The number of esters is 3. The van der Waals surface area contributed by atoms with Crippen molar-refractivity contribution in [3.8, 4) is 6.07 Å². The van der Waals surface area contributed by atoms with E-state index in [-0.39, 0.29) is 30.3 Å². The van der Waals surface area contributed by atoms with Crippen LogP contribution in [0.2, 0.25) is 0 Å². The van der Waals surface area contributed by atoms with Crippen LogP contribution in [0, 0.1) is 11.3 Å². The first-order valence-electron chi connectivity index (χ1n) is 16.1. The second kappa shape index (κ2) is 17.3. The number of ether oxygens (including phenoxy) is 3. The summed E-state index contributed by atoms with van der Waals surface area (Å²) >= 11 is 0. The molecule has 0 spiro atoms. The molecule has 4 rings (SSSR count). The number of carbonyl (C=O) groups is 3. The lowest BCUT2D eigenvalue weighted by Crippen LogP contribution is -2.53. The number of nitriles is 1. The quantitative estimate of drug-likeness (QED) is 0.0949. The standard InChI is InChI=1S/C39H41N4O6/c1-6-47-37(44)28(4)21-30-9-15-34(16-10-30)41-25-42(35-17-11-31(12-18-35)22-29(5)38(45)48-7-2)27-43(26-41)36-19-13-32(14-20-36)23-33(24-40)39(46)49-8-3/h9-23H,4,6-8,25-27H2,1-3,5H3/q+1/b29-22+,30-21?,33-23+,41-34?. The second-order valence-corrected chi connectivity index (χ2v) is 11.1. The monoisotopic (exact) mass is 661 g/mol. The van der Waals surface area contributed by atoms with Crippen LogP contribution in [-0.4, -0.2) is 68.0 Å². The van der Waals surface area contributed by atoms with Crippen molar-refractivity contribution in [3.05, 3.63) is 119 Å². The molecule has 2 aliphatic rings. The number of anilines is 2. The SMILES string of the molecule is C=C(C=C1C=CC(=[N+]2CN(c3ccc(/C=C(\C)C(=O)OCC)cc3)CN(c3ccc(/C=C(\C#N)C(=O)OCC)cc3)C2)C=C1)C(=O)OCC. The molecule has 1 fully saturated rings. The van der Waals surface area contributed by atoms with E-state index in [1.165, 1.54) is 6.08 Å². The molecule has 0 unspecified atom stereocenters. The van der Waals surface area contributed by atoms with Crippen molar-refractivity contribution in [2.24, 2.45) is 0 Å². The van der Waals surface area contributed by atoms with Gasteiger partial charge in [0.15, 0.2) is 0 Å². The smallest absolute Gasteiger partial charge is 0.348 e. The maximum Gasteiger partial charge on any atom is 0.348 e. The van der Waals surface area contributed by atoms with Gasteiger partial charge in [0.25, 0.3) is 0 Å². The van der Waals surface area contributed by atoms with Crippen LogP contribution in [0.5, 0.6) is 0 Å². The predicted octanol–water partition coefficient (Wildman–Crippen LogP) is 5.95. The fraction of sp³-hybridized carbons (Fsp3) is 0.256. The van der Waals surface area contributed by atoms with Crippen LogP contribution in [0.25, 0.3) is 12.2 Å². The highest BCUT2D eigenvalue weighted by Gasteiger charge is 2.28. The van der Waals surface area contributed by atoms with Gasteiger partial charge in [-0.2, -0.15) is 9.84 Å². The third-order valence-corrected chi connectivity index (χ3v) is 7.58. The van der Waals surface area contributed by atoms with E-state index >= 15 is 0 Å². The Morgan fingerprint density at radius 3 is 1.78 bits per heavy atom. The van der Waals surface area contributed by atoms with Gasteiger partial charge in [-0.25, -0.2) is 14.4 Å². The highest BCUT2D eigenvalue weighted by molar-refractivity contribution is 6.03. The summed E-state index contributed by atoms with van der Waals surface area (Å²) in [5.41, 5.74) is 6.08. The summed E-state index contributed by atoms with van der Waals surface area (Å²) in [6.45, 7) is 13.4. The van der Waals surface area contributed by atoms with Gasteiger partial charge in [0.1, 0.15) is 18.3 Å². The number of benzene rings is 2. The molecule has 0 aromatic heterocycles. The summed E-state index contributed by atoms with van der Waals surface area (Å²) < 4.78 is 17.4. The zero-order valence-corrected chi connectivity index (χ0v) is 28.3. The van der Waals surface area contributed by atoms with Crippen LogP contribution in [-0.2, 0) is 28.6 Å². The van der Waals surface area contributed by atoms with Crippen LogP contribution < -0.4 is 9.80 Å². The molecule has 2 aromatic carbocycles.